The van der Waals surface area contributed by atoms with Crippen molar-refractivity contribution in [3.63, 3.8) is 0 Å². The van der Waals surface area contributed by atoms with E-state index in [0.29, 0.717) is 17.5 Å². The molecule has 6 N–H and O–H groups in total. The molecular formula is C23H30N4O6S. The van der Waals surface area contributed by atoms with Gasteiger partial charge in [-0.3, -0.25) is 25.0 Å². The third-order valence-electron chi connectivity index (χ3n) is 5.68. The maximum absolute atomic E-state index is 13.1. The molecule has 2 aromatic carbocycles. The number of nitrogens with two attached hydrogens (primary N) is 1. The lowest BCUT2D eigenvalue weighted by molar-refractivity contribution is -0.130. The second kappa shape index (κ2) is 11.2. The molecule has 11 heteroatoms. The summed E-state index contributed by atoms with van der Waals surface area (Å²) in [5, 5.41) is 12.0. The number of rotatable bonds is 10. The van der Waals surface area contributed by atoms with Crippen LogP contribution in [0.25, 0.3) is 0 Å². The summed E-state index contributed by atoms with van der Waals surface area (Å²) in [6.45, 7) is 3.18. The second-order valence-corrected chi connectivity index (χ2v) is 10.3. The first kappa shape index (κ1) is 27.0. The van der Waals surface area contributed by atoms with Gasteiger partial charge in [0.1, 0.15) is 0 Å². The van der Waals surface area contributed by atoms with Gasteiger partial charge < -0.3 is 5.32 Å². The van der Waals surface area contributed by atoms with E-state index in [4.69, 9.17) is 5.84 Å². The Morgan fingerprint density at radius 3 is 2.29 bits per heavy atom. The largest absolute Gasteiger partial charge is 0.351 e. The lowest BCUT2D eigenvalue weighted by Gasteiger charge is -2.33. The lowest BCUT2D eigenvalue weighted by Crippen LogP contribution is -2.52. The van der Waals surface area contributed by atoms with Crippen LogP contribution in [0.4, 0.5) is 0 Å². The fourth-order valence-corrected chi connectivity index (χ4v) is 5.60. The van der Waals surface area contributed by atoms with E-state index in [0.717, 1.165) is 6.26 Å². The fraction of sp³-hybridized carbons (Fsp3) is 0.348. The van der Waals surface area contributed by atoms with Crippen molar-refractivity contribution in [3.05, 3.63) is 70.8 Å². The van der Waals surface area contributed by atoms with Crippen LogP contribution < -0.4 is 22.1 Å². The molecule has 0 heterocycles. The number of carbonyl (C=O) groups excluding carboxylic acids is 3. The molecule has 0 aliphatic rings. The fourth-order valence-electron chi connectivity index (χ4n) is 4.04. The molecule has 34 heavy (non-hydrogen) atoms. The predicted octanol–water partition coefficient (Wildman–Crippen LogP) is 1.04. The predicted molar refractivity (Wildman–Crippen MR) is 126 cm³/mol. The zero-order valence-electron chi connectivity index (χ0n) is 19.3. The third-order valence-corrected chi connectivity index (χ3v) is 7.56. The highest BCUT2D eigenvalue weighted by Gasteiger charge is 2.51. The van der Waals surface area contributed by atoms with E-state index >= 15 is 0 Å². The number of sulfone groups is 1. The molecule has 0 fully saturated rings. The van der Waals surface area contributed by atoms with Crippen molar-refractivity contribution < 1.29 is 28.0 Å². The summed E-state index contributed by atoms with van der Waals surface area (Å²) in [4.78, 5) is 38.3. The monoisotopic (exact) mass is 490 g/mol. The Hall–Kier alpha value is -3.28. The van der Waals surface area contributed by atoms with Gasteiger partial charge >= 0.3 is 0 Å². The van der Waals surface area contributed by atoms with E-state index in [9.17, 15) is 28.0 Å². The molecule has 2 rings (SSSR count). The third kappa shape index (κ3) is 5.44. The smallest absolute Gasteiger partial charge is 0.259 e. The molecule has 0 aliphatic heterocycles. The highest BCUT2D eigenvalue weighted by molar-refractivity contribution is 7.92. The van der Waals surface area contributed by atoms with Crippen LogP contribution in [-0.2, 0) is 24.2 Å². The zero-order chi connectivity index (χ0) is 25.5. The lowest BCUT2D eigenvalue weighted by atomic mass is 9.82. The molecule has 0 spiro atoms. The van der Waals surface area contributed by atoms with Gasteiger partial charge in [-0.05, 0) is 36.6 Å². The van der Waals surface area contributed by atoms with Crippen molar-refractivity contribution in [1.29, 1.82) is 0 Å². The Morgan fingerprint density at radius 2 is 1.76 bits per heavy atom. The van der Waals surface area contributed by atoms with Crippen LogP contribution in [0.3, 0.4) is 0 Å². The number of nitrogens with one attached hydrogen (secondary N) is 3. The molecule has 0 radical (unpaired) electrons. The second-order valence-electron chi connectivity index (χ2n) is 8.02. The van der Waals surface area contributed by atoms with Crippen LogP contribution in [-0.4, -0.2) is 44.1 Å². The van der Waals surface area contributed by atoms with E-state index < -0.39 is 38.2 Å². The number of hydrogen-bond acceptors (Lipinski definition) is 7. The van der Waals surface area contributed by atoms with Gasteiger partial charge in [-0.15, -0.1) is 0 Å². The zero-order valence-corrected chi connectivity index (χ0v) is 20.1. The van der Waals surface area contributed by atoms with E-state index in [-0.39, 0.29) is 24.1 Å². The molecule has 0 unspecified atom stereocenters. The van der Waals surface area contributed by atoms with E-state index in [1.165, 1.54) is 6.07 Å². The molecule has 0 bridgehead atoms. The summed E-state index contributed by atoms with van der Waals surface area (Å²) < 4.78 is 24.0. The minimum absolute atomic E-state index is 0.0490. The van der Waals surface area contributed by atoms with E-state index in [1.54, 1.807) is 61.8 Å². The summed E-state index contributed by atoms with van der Waals surface area (Å²) >= 11 is 0. The average Bonchev–Trinajstić information content (AvgIpc) is 2.82. The maximum atomic E-state index is 13.1. The Kier molecular flexibility index (Phi) is 8.91. The molecule has 184 valence electrons. The number of hydroxylamine groups is 1. The summed E-state index contributed by atoms with van der Waals surface area (Å²) in [5.41, 5.74) is 4.78. The number of carbonyl (C=O) groups is 3. The molecule has 2 aromatic rings. The maximum Gasteiger partial charge on any atom is 0.259 e. The van der Waals surface area contributed by atoms with Gasteiger partial charge in [0.25, 0.3) is 17.7 Å². The van der Waals surface area contributed by atoms with Crippen molar-refractivity contribution in [2.75, 3.05) is 12.8 Å². The molecule has 10 nitrogen and oxygen atoms in total. The van der Waals surface area contributed by atoms with Crippen LogP contribution in [0.5, 0.6) is 0 Å². The van der Waals surface area contributed by atoms with Gasteiger partial charge in [-0.1, -0.05) is 55.3 Å². The Bertz CT molecular complexity index is 1150. The Morgan fingerprint density at radius 1 is 1.12 bits per heavy atom. The summed E-state index contributed by atoms with van der Waals surface area (Å²) in [5.74, 6) is 1.88. The summed E-state index contributed by atoms with van der Waals surface area (Å²) in [7, 11) is -4.10. The van der Waals surface area contributed by atoms with Crippen LogP contribution in [0.2, 0.25) is 0 Å². The van der Waals surface area contributed by atoms with E-state index in [2.05, 4.69) is 5.32 Å². The van der Waals surface area contributed by atoms with Gasteiger partial charge in [0.2, 0.25) is 0 Å². The number of aryl methyl sites for hydroxylation is 1. The van der Waals surface area contributed by atoms with Gasteiger partial charge in [-0.25, -0.2) is 19.7 Å². The minimum Gasteiger partial charge on any atom is -0.351 e. The first-order chi connectivity index (χ1) is 16.0. The molecule has 2 atom stereocenters. The average molecular weight is 491 g/mol. The summed E-state index contributed by atoms with van der Waals surface area (Å²) in [6, 6.07) is 12.9. The number of benzene rings is 2. The van der Waals surface area contributed by atoms with Gasteiger partial charge in [0.15, 0.2) is 14.6 Å². The molecule has 0 saturated carbocycles. The SMILES string of the molecule is CCC[C@](C(=O)NN)(c1ccc(C)cc1[C@H](CNC(=O)c1ccccc1)C(=O)NO)S(C)(=O)=O. The van der Waals surface area contributed by atoms with Crippen LogP contribution in [0, 0.1) is 6.92 Å². The highest BCUT2D eigenvalue weighted by atomic mass is 32.2. The quantitative estimate of drug-likeness (QED) is 0.143. The number of hydrazine groups is 1. The van der Waals surface area contributed by atoms with Gasteiger partial charge in [0, 0.05) is 18.4 Å². The Balaban J connectivity index is 2.68. The Labute approximate surface area is 198 Å². The van der Waals surface area contributed by atoms with Crippen molar-refractivity contribution in [1.82, 2.24) is 16.2 Å². The molecular weight excluding hydrogens is 460 g/mol. The first-order valence-corrected chi connectivity index (χ1v) is 12.5. The van der Waals surface area contributed by atoms with Crippen molar-refractivity contribution >= 4 is 27.6 Å². The molecule has 0 saturated heterocycles. The normalized spacial score (nSPS) is 13.9. The van der Waals surface area contributed by atoms with Crippen LogP contribution in [0.1, 0.15) is 52.7 Å². The molecule has 3 amide bonds. The number of hydrogen-bond donors (Lipinski definition) is 5. The summed E-state index contributed by atoms with van der Waals surface area (Å²) in [6.07, 6.45) is 1.14. The van der Waals surface area contributed by atoms with Crippen molar-refractivity contribution in [2.24, 2.45) is 5.84 Å². The minimum atomic E-state index is -4.10. The highest BCUT2D eigenvalue weighted by Crippen LogP contribution is 2.40. The molecule has 0 aromatic heterocycles. The van der Waals surface area contributed by atoms with Crippen molar-refractivity contribution in [2.45, 2.75) is 37.4 Å². The van der Waals surface area contributed by atoms with E-state index in [1.807, 2.05) is 5.43 Å². The van der Waals surface area contributed by atoms with Crippen LogP contribution >= 0.6 is 0 Å². The van der Waals surface area contributed by atoms with Crippen molar-refractivity contribution in [3.8, 4) is 0 Å². The number of amides is 3. The topological polar surface area (TPSA) is 168 Å². The molecule has 0 aliphatic carbocycles. The van der Waals surface area contributed by atoms with Gasteiger partial charge in [-0.2, -0.15) is 0 Å². The first-order valence-electron chi connectivity index (χ1n) is 10.6. The van der Waals surface area contributed by atoms with Crippen LogP contribution in [0.15, 0.2) is 48.5 Å². The standard InChI is InChI=1S/C23H30N4O6S/c1-4-12-23(22(30)26-24,34(3,32)33)19-11-10-15(2)13-17(19)18(21(29)27-31)14-25-20(28)16-8-6-5-7-9-16/h5-11,13,18,31H,4,12,14,24H2,1-3H3,(H,25,28)(H,26,30)(H,27,29)/t18-,23+/m0/s1. The van der Waals surface area contributed by atoms with Gasteiger partial charge in [0.05, 0.1) is 5.92 Å².